The second-order valence-corrected chi connectivity index (χ2v) is 7.15. The van der Waals surface area contributed by atoms with Crippen LogP contribution < -0.4 is 4.90 Å². The molecule has 0 radical (unpaired) electrons. The maximum Gasteiger partial charge on any atom is 0.255 e. The van der Waals surface area contributed by atoms with E-state index in [9.17, 15) is 4.79 Å². The third-order valence-corrected chi connectivity index (χ3v) is 5.44. The zero-order chi connectivity index (χ0) is 16.4. The first-order valence-corrected chi connectivity index (χ1v) is 8.98. The number of nitrogens with zero attached hydrogens (tertiary/aromatic N) is 3. The highest BCUT2D eigenvalue weighted by Crippen LogP contribution is 2.20. The van der Waals surface area contributed by atoms with Gasteiger partial charge in [0.25, 0.3) is 5.91 Å². The summed E-state index contributed by atoms with van der Waals surface area (Å²) in [5.41, 5.74) is 1.76. The summed E-state index contributed by atoms with van der Waals surface area (Å²) in [5, 5.41) is 1.18. The summed E-state index contributed by atoms with van der Waals surface area (Å²) in [6, 6.07) is 11.9. The van der Waals surface area contributed by atoms with Crippen LogP contribution in [-0.4, -0.2) is 47.0 Å². The summed E-state index contributed by atoms with van der Waals surface area (Å²) in [6.07, 6.45) is 3.33. The maximum absolute atomic E-state index is 12.4. The molecule has 1 aliphatic rings. The lowest BCUT2D eigenvalue weighted by atomic mass is 10.2. The van der Waals surface area contributed by atoms with Gasteiger partial charge in [-0.1, -0.05) is 12.1 Å². The van der Waals surface area contributed by atoms with Crippen LogP contribution in [-0.2, 0) is 6.54 Å². The predicted octanol–water partition coefficient (Wildman–Crippen LogP) is 1.23. The molecule has 6 heteroatoms. The van der Waals surface area contributed by atoms with Crippen molar-refractivity contribution < 1.29 is 9.69 Å². The van der Waals surface area contributed by atoms with E-state index in [2.05, 4.69) is 23.2 Å². The van der Waals surface area contributed by atoms with Crippen molar-refractivity contribution in [1.82, 2.24) is 14.9 Å². The van der Waals surface area contributed by atoms with Crippen LogP contribution in [0.15, 0.2) is 48.8 Å². The van der Waals surface area contributed by atoms with Crippen LogP contribution in [0.1, 0.15) is 15.4 Å². The fourth-order valence-electron chi connectivity index (χ4n) is 3.08. The summed E-state index contributed by atoms with van der Waals surface area (Å²) in [4.78, 5) is 24.6. The number of carbonyl (C=O) groups is 1. The topological polar surface area (TPSA) is 50.5 Å². The molecule has 1 aromatic carbocycles. The summed E-state index contributed by atoms with van der Waals surface area (Å²) in [6.45, 7) is 4.43. The number of carbonyl (C=O) groups excluding carboxylic acids is 1. The molecule has 1 N–H and O–H groups in total. The van der Waals surface area contributed by atoms with Crippen molar-refractivity contribution in [2.75, 3.05) is 26.2 Å². The fraction of sp³-hybridized carbons (Fsp3) is 0.278. The molecule has 1 fully saturated rings. The summed E-state index contributed by atoms with van der Waals surface area (Å²) in [5.74, 6) is 0.0853. The van der Waals surface area contributed by atoms with Gasteiger partial charge in [-0.15, -0.1) is 11.3 Å². The summed E-state index contributed by atoms with van der Waals surface area (Å²) >= 11 is 1.77. The average molecular weight is 339 g/mol. The van der Waals surface area contributed by atoms with Gasteiger partial charge in [0, 0.05) is 12.4 Å². The van der Waals surface area contributed by atoms with E-state index in [1.165, 1.54) is 14.6 Å². The molecule has 2 aromatic heterocycles. The SMILES string of the molecule is O=C(c1cccnc1)N1CC[NH+](Cc2nc3ccccc3s2)CC1. The van der Waals surface area contributed by atoms with E-state index >= 15 is 0 Å². The molecule has 0 bridgehead atoms. The molecular formula is C18H19N4OS+. The van der Waals surface area contributed by atoms with Crippen molar-refractivity contribution >= 4 is 27.5 Å². The molecule has 0 aliphatic carbocycles. The van der Waals surface area contributed by atoms with E-state index in [4.69, 9.17) is 4.98 Å². The Morgan fingerprint density at radius 3 is 2.75 bits per heavy atom. The van der Waals surface area contributed by atoms with Crippen molar-refractivity contribution in [2.45, 2.75) is 6.54 Å². The van der Waals surface area contributed by atoms with Gasteiger partial charge in [-0.2, -0.15) is 0 Å². The Morgan fingerprint density at radius 1 is 1.17 bits per heavy atom. The molecule has 0 atom stereocenters. The Balaban J connectivity index is 1.37. The number of pyridine rings is 1. The van der Waals surface area contributed by atoms with Crippen molar-refractivity contribution in [3.63, 3.8) is 0 Å². The lowest BCUT2D eigenvalue weighted by Gasteiger charge is -2.31. The number of aromatic nitrogens is 2. The highest BCUT2D eigenvalue weighted by atomic mass is 32.1. The lowest BCUT2D eigenvalue weighted by Crippen LogP contribution is -3.13. The smallest absolute Gasteiger partial charge is 0.255 e. The van der Waals surface area contributed by atoms with Gasteiger partial charge in [-0.3, -0.25) is 9.78 Å². The molecule has 1 aliphatic heterocycles. The fourth-order valence-corrected chi connectivity index (χ4v) is 4.12. The number of piperazine rings is 1. The zero-order valence-corrected chi connectivity index (χ0v) is 14.1. The largest absolute Gasteiger partial charge is 0.327 e. The van der Waals surface area contributed by atoms with Gasteiger partial charge >= 0.3 is 0 Å². The maximum atomic E-state index is 12.4. The number of benzene rings is 1. The Hall–Kier alpha value is -2.31. The van der Waals surface area contributed by atoms with E-state index < -0.39 is 0 Å². The number of hydrogen-bond donors (Lipinski definition) is 1. The van der Waals surface area contributed by atoms with Gasteiger partial charge in [0.15, 0.2) is 0 Å². The van der Waals surface area contributed by atoms with Gasteiger partial charge in [0.2, 0.25) is 0 Å². The first-order valence-electron chi connectivity index (χ1n) is 8.17. The Bertz CT molecular complexity index is 807. The highest BCUT2D eigenvalue weighted by molar-refractivity contribution is 7.18. The van der Waals surface area contributed by atoms with Crippen LogP contribution in [0, 0.1) is 0 Å². The minimum absolute atomic E-state index is 0.0853. The summed E-state index contributed by atoms with van der Waals surface area (Å²) < 4.78 is 1.25. The molecule has 0 unspecified atom stereocenters. The summed E-state index contributed by atoms with van der Waals surface area (Å²) in [7, 11) is 0. The van der Waals surface area contributed by atoms with Crippen LogP contribution in [0.5, 0.6) is 0 Å². The van der Waals surface area contributed by atoms with Crippen LogP contribution >= 0.6 is 11.3 Å². The van der Waals surface area contributed by atoms with Gasteiger partial charge in [0.1, 0.15) is 11.6 Å². The molecule has 122 valence electrons. The minimum Gasteiger partial charge on any atom is -0.327 e. The van der Waals surface area contributed by atoms with Crippen LogP contribution in [0.3, 0.4) is 0 Å². The number of quaternary nitrogens is 1. The third kappa shape index (κ3) is 3.16. The number of amides is 1. The van der Waals surface area contributed by atoms with Crippen molar-refractivity contribution in [1.29, 1.82) is 0 Å². The molecule has 1 amide bonds. The van der Waals surface area contributed by atoms with Gasteiger partial charge in [-0.05, 0) is 24.3 Å². The molecule has 1 saturated heterocycles. The monoisotopic (exact) mass is 339 g/mol. The highest BCUT2D eigenvalue weighted by Gasteiger charge is 2.25. The molecule has 5 nitrogen and oxygen atoms in total. The first kappa shape index (κ1) is 15.2. The van der Waals surface area contributed by atoms with Crippen LogP contribution in [0.4, 0.5) is 0 Å². The van der Waals surface area contributed by atoms with E-state index in [0.29, 0.717) is 5.56 Å². The Morgan fingerprint density at radius 2 is 2.00 bits per heavy atom. The van der Waals surface area contributed by atoms with E-state index in [1.807, 2.05) is 23.1 Å². The van der Waals surface area contributed by atoms with E-state index in [1.54, 1.807) is 23.7 Å². The molecule has 4 rings (SSSR count). The predicted molar refractivity (Wildman–Crippen MR) is 94.2 cm³/mol. The number of thiazole rings is 1. The van der Waals surface area contributed by atoms with E-state index in [0.717, 1.165) is 38.2 Å². The third-order valence-electron chi connectivity index (χ3n) is 4.41. The normalized spacial score (nSPS) is 15.8. The Kier molecular flexibility index (Phi) is 4.23. The second kappa shape index (κ2) is 6.67. The zero-order valence-electron chi connectivity index (χ0n) is 13.3. The molecule has 3 aromatic rings. The number of para-hydroxylation sites is 1. The minimum atomic E-state index is 0.0853. The van der Waals surface area contributed by atoms with Gasteiger partial charge in [-0.25, -0.2) is 4.98 Å². The number of rotatable bonds is 3. The van der Waals surface area contributed by atoms with Gasteiger partial charge < -0.3 is 9.80 Å². The van der Waals surface area contributed by atoms with E-state index in [-0.39, 0.29) is 5.91 Å². The lowest BCUT2D eigenvalue weighted by molar-refractivity contribution is -0.917. The number of hydrogen-bond acceptors (Lipinski definition) is 4. The van der Waals surface area contributed by atoms with Crippen molar-refractivity contribution in [2.24, 2.45) is 0 Å². The molecule has 0 saturated carbocycles. The standard InChI is InChI=1S/C18H18N4OS/c23-18(14-4-3-7-19-12-14)22-10-8-21(9-11-22)13-17-20-15-5-1-2-6-16(15)24-17/h1-7,12H,8-11,13H2/p+1. The first-order chi connectivity index (χ1) is 11.8. The van der Waals surface area contributed by atoms with Crippen LogP contribution in [0.25, 0.3) is 10.2 Å². The molecule has 24 heavy (non-hydrogen) atoms. The quantitative estimate of drug-likeness (QED) is 0.781. The van der Waals surface area contributed by atoms with Crippen molar-refractivity contribution in [3.8, 4) is 0 Å². The number of fused-ring (bicyclic) bond motifs is 1. The number of nitrogens with one attached hydrogen (secondary N) is 1. The average Bonchev–Trinajstić information content (AvgIpc) is 3.05. The Labute approximate surface area is 144 Å². The van der Waals surface area contributed by atoms with Crippen molar-refractivity contribution in [3.05, 3.63) is 59.4 Å². The molecule has 3 heterocycles. The van der Waals surface area contributed by atoms with Gasteiger partial charge in [0.05, 0.1) is 42.0 Å². The second-order valence-electron chi connectivity index (χ2n) is 6.04. The van der Waals surface area contributed by atoms with Crippen LogP contribution in [0.2, 0.25) is 0 Å². The molecule has 0 spiro atoms. The molecular weight excluding hydrogens is 320 g/mol.